The molecule has 1 rings (SSSR count). The lowest BCUT2D eigenvalue weighted by Crippen LogP contribution is -2.27. The molecule has 0 aliphatic heterocycles. The van der Waals surface area contributed by atoms with E-state index < -0.39 is 0 Å². The van der Waals surface area contributed by atoms with Crippen LogP contribution in [0.3, 0.4) is 0 Å². The second-order valence-corrected chi connectivity index (χ2v) is 4.84. The van der Waals surface area contributed by atoms with Gasteiger partial charge in [0.05, 0.1) is 0 Å². The van der Waals surface area contributed by atoms with Crippen LogP contribution in [-0.2, 0) is 13.0 Å². The Bertz CT molecular complexity index is 305. The minimum atomic E-state index is 0.652. The van der Waals surface area contributed by atoms with Crippen LogP contribution in [0, 0.1) is 0 Å². The Morgan fingerprint density at radius 2 is 1.76 bits per heavy atom. The van der Waals surface area contributed by atoms with E-state index in [0.29, 0.717) is 6.04 Å². The lowest BCUT2D eigenvalue weighted by molar-refractivity contribution is 0.244. The Balaban J connectivity index is 2.50. The van der Waals surface area contributed by atoms with Gasteiger partial charge in [0.15, 0.2) is 0 Å². The van der Waals surface area contributed by atoms with Gasteiger partial charge >= 0.3 is 0 Å². The minimum Gasteiger partial charge on any atom is -0.319 e. The molecular formula is C15H26N2. The molecule has 1 atom stereocenters. The molecule has 0 saturated heterocycles. The summed E-state index contributed by atoms with van der Waals surface area (Å²) < 4.78 is 0. The van der Waals surface area contributed by atoms with Gasteiger partial charge in [0.1, 0.15) is 0 Å². The Hall–Kier alpha value is -0.860. The summed E-state index contributed by atoms with van der Waals surface area (Å²) in [5, 5.41) is 3.18. The number of hydrogen-bond acceptors (Lipinski definition) is 2. The number of benzene rings is 1. The van der Waals surface area contributed by atoms with Crippen LogP contribution in [0.2, 0.25) is 0 Å². The van der Waals surface area contributed by atoms with Crippen molar-refractivity contribution in [2.45, 2.75) is 39.3 Å². The van der Waals surface area contributed by atoms with Crippen molar-refractivity contribution in [1.29, 1.82) is 0 Å². The number of hydrogen-bond donors (Lipinski definition) is 1. The number of likely N-dealkylation sites (N-methyl/N-ethyl adjacent to an activating group) is 1. The van der Waals surface area contributed by atoms with Crippen molar-refractivity contribution < 1.29 is 0 Å². The molecule has 1 unspecified atom stereocenters. The van der Waals surface area contributed by atoms with Crippen molar-refractivity contribution in [3.8, 4) is 0 Å². The van der Waals surface area contributed by atoms with E-state index in [2.05, 4.69) is 55.4 Å². The first kappa shape index (κ1) is 14.2. The van der Waals surface area contributed by atoms with Crippen LogP contribution in [0.5, 0.6) is 0 Å². The van der Waals surface area contributed by atoms with Crippen LogP contribution in [0.4, 0.5) is 0 Å². The molecule has 0 saturated carbocycles. The monoisotopic (exact) mass is 234 g/mol. The second kappa shape index (κ2) is 7.46. The molecule has 1 aromatic carbocycles. The quantitative estimate of drug-likeness (QED) is 0.780. The zero-order valence-electron chi connectivity index (χ0n) is 11.7. The molecule has 0 heterocycles. The first-order valence-electron chi connectivity index (χ1n) is 6.60. The fourth-order valence-corrected chi connectivity index (χ4v) is 1.84. The fraction of sp³-hybridized carbons (Fsp3) is 0.600. The summed E-state index contributed by atoms with van der Waals surface area (Å²) >= 11 is 0. The van der Waals surface area contributed by atoms with Gasteiger partial charge in [-0.25, -0.2) is 0 Å². The van der Waals surface area contributed by atoms with Gasteiger partial charge < -0.3 is 5.32 Å². The van der Waals surface area contributed by atoms with Gasteiger partial charge in [0, 0.05) is 12.6 Å². The Labute approximate surface area is 106 Å². The predicted molar refractivity (Wildman–Crippen MR) is 75.3 cm³/mol. The number of nitrogens with zero attached hydrogens (tertiary/aromatic N) is 1. The van der Waals surface area contributed by atoms with E-state index in [9.17, 15) is 0 Å². The van der Waals surface area contributed by atoms with Crippen LogP contribution in [-0.4, -0.2) is 31.6 Å². The third kappa shape index (κ3) is 4.88. The van der Waals surface area contributed by atoms with E-state index in [-0.39, 0.29) is 0 Å². The van der Waals surface area contributed by atoms with Gasteiger partial charge in [-0.2, -0.15) is 0 Å². The summed E-state index contributed by atoms with van der Waals surface area (Å²) in [4.78, 5) is 2.41. The zero-order chi connectivity index (χ0) is 12.7. The molecule has 17 heavy (non-hydrogen) atoms. The van der Waals surface area contributed by atoms with Crippen LogP contribution >= 0.6 is 0 Å². The van der Waals surface area contributed by atoms with Gasteiger partial charge in [0.2, 0.25) is 0 Å². The maximum Gasteiger partial charge on any atom is 0.0233 e. The largest absolute Gasteiger partial charge is 0.319 e. The third-order valence-electron chi connectivity index (χ3n) is 3.46. The van der Waals surface area contributed by atoms with Gasteiger partial charge in [-0.05, 0) is 51.5 Å². The Morgan fingerprint density at radius 1 is 1.18 bits per heavy atom. The standard InChI is InChI=1S/C15H26N2/c1-5-13(2)17(4)12-15-8-6-14(7-9-15)10-11-16-3/h6-9,13,16H,5,10-12H2,1-4H3. The number of rotatable bonds is 7. The molecule has 0 aromatic heterocycles. The van der Waals surface area contributed by atoms with E-state index in [4.69, 9.17) is 0 Å². The van der Waals surface area contributed by atoms with Gasteiger partial charge in [-0.1, -0.05) is 31.2 Å². The van der Waals surface area contributed by atoms with Crippen LogP contribution in [0.25, 0.3) is 0 Å². The summed E-state index contributed by atoms with van der Waals surface area (Å²) in [5.41, 5.74) is 2.82. The van der Waals surface area contributed by atoms with Crippen LogP contribution < -0.4 is 5.32 Å². The van der Waals surface area contributed by atoms with E-state index >= 15 is 0 Å². The first-order chi connectivity index (χ1) is 8.17. The normalized spacial score (nSPS) is 13.0. The van der Waals surface area contributed by atoms with Crippen molar-refractivity contribution in [2.75, 3.05) is 20.6 Å². The molecule has 96 valence electrons. The number of nitrogens with one attached hydrogen (secondary N) is 1. The fourth-order valence-electron chi connectivity index (χ4n) is 1.84. The summed E-state index contributed by atoms with van der Waals surface area (Å²) in [6.45, 7) is 6.61. The highest BCUT2D eigenvalue weighted by atomic mass is 15.1. The molecule has 0 bridgehead atoms. The van der Waals surface area contributed by atoms with Gasteiger partial charge in [-0.15, -0.1) is 0 Å². The maximum absolute atomic E-state index is 3.18. The Morgan fingerprint density at radius 3 is 2.29 bits per heavy atom. The molecule has 0 radical (unpaired) electrons. The first-order valence-corrected chi connectivity index (χ1v) is 6.60. The molecule has 2 heteroatoms. The topological polar surface area (TPSA) is 15.3 Å². The van der Waals surface area contributed by atoms with E-state index in [1.54, 1.807) is 0 Å². The average molecular weight is 234 g/mol. The minimum absolute atomic E-state index is 0.652. The molecule has 0 aliphatic rings. The molecule has 0 spiro atoms. The molecule has 1 aromatic rings. The predicted octanol–water partition coefficient (Wildman–Crippen LogP) is 2.68. The smallest absolute Gasteiger partial charge is 0.0233 e. The summed E-state index contributed by atoms with van der Waals surface area (Å²) in [7, 11) is 4.19. The molecule has 0 fully saturated rings. The maximum atomic E-state index is 3.18. The summed E-state index contributed by atoms with van der Waals surface area (Å²) in [6, 6.07) is 9.65. The lowest BCUT2D eigenvalue weighted by atomic mass is 10.1. The zero-order valence-corrected chi connectivity index (χ0v) is 11.7. The van der Waals surface area contributed by atoms with Crippen LogP contribution in [0.1, 0.15) is 31.4 Å². The molecule has 1 N–H and O–H groups in total. The van der Waals surface area contributed by atoms with Crippen molar-refractivity contribution in [2.24, 2.45) is 0 Å². The molecule has 0 amide bonds. The van der Waals surface area contributed by atoms with E-state index in [1.165, 1.54) is 17.5 Å². The van der Waals surface area contributed by atoms with Gasteiger partial charge in [-0.3, -0.25) is 4.90 Å². The van der Waals surface area contributed by atoms with Crippen molar-refractivity contribution >= 4 is 0 Å². The highest BCUT2D eigenvalue weighted by molar-refractivity contribution is 5.22. The summed E-state index contributed by atoms with van der Waals surface area (Å²) in [5.74, 6) is 0. The SMILES string of the molecule is CCC(C)N(C)Cc1ccc(CCNC)cc1. The summed E-state index contributed by atoms with van der Waals surface area (Å²) in [6.07, 6.45) is 2.31. The lowest BCUT2D eigenvalue weighted by Gasteiger charge is -2.23. The van der Waals surface area contributed by atoms with E-state index in [0.717, 1.165) is 19.5 Å². The highest BCUT2D eigenvalue weighted by Crippen LogP contribution is 2.10. The average Bonchev–Trinajstić information content (AvgIpc) is 2.37. The van der Waals surface area contributed by atoms with Crippen molar-refractivity contribution in [3.63, 3.8) is 0 Å². The highest BCUT2D eigenvalue weighted by Gasteiger charge is 2.06. The Kier molecular flexibility index (Phi) is 6.23. The van der Waals surface area contributed by atoms with Crippen LogP contribution in [0.15, 0.2) is 24.3 Å². The van der Waals surface area contributed by atoms with Crippen molar-refractivity contribution in [3.05, 3.63) is 35.4 Å². The van der Waals surface area contributed by atoms with Gasteiger partial charge in [0.25, 0.3) is 0 Å². The second-order valence-electron chi connectivity index (χ2n) is 4.84. The molecular weight excluding hydrogens is 208 g/mol. The third-order valence-corrected chi connectivity index (χ3v) is 3.46. The molecule has 2 nitrogen and oxygen atoms in total. The van der Waals surface area contributed by atoms with Crippen molar-refractivity contribution in [1.82, 2.24) is 10.2 Å². The van der Waals surface area contributed by atoms with E-state index in [1.807, 2.05) is 7.05 Å². The molecule has 0 aliphatic carbocycles.